The average molecular weight is 200 g/mol. The van der Waals surface area contributed by atoms with Gasteiger partial charge in [0.05, 0.1) is 7.11 Å². The Balaban J connectivity index is 2.65. The minimum Gasteiger partial charge on any atom is -0.468 e. The summed E-state index contributed by atoms with van der Waals surface area (Å²) in [6.45, 7) is 3.52. The summed E-state index contributed by atoms with van der Waals surface area (Å²) in [7, 11) is 3.37. The molecule has 0 aromatic heterocycles. The van der Waals surface area contributed by atoms with Crippen LogP contribution in [0.1, 0.15) is 19.8 Å². The van der Waals surface area contributed by atoms with Gasteiger partial charge in [0.2, 0.25) is 0 Å². The van der Waals surface area contributed by atoms with Gasteiger partial charge in [0.25, 0.3) is 0 Å². The maximum atomic E-state index is 11.6. The number of nitrogens with two attached hydrogens (primary N) is 1. The lowest BCUT2D eigenvalue weighted by Crippen LogP contribution is -2.57. The molecule has 4 heteroatoms. The van der Waals surface area contributed by atoms with Crippen LogP contribution in [0.15, 0.2) is 0 Å². The second-order valence-corrected chi connectivity index (χ2v) is 4.14. The second-order valence-electron chi connectivity index (χ2n) is 4.14. The number of hydrogen-bond donors (Lipinski definition) is 1. The molecule has 0 bridgehead atoms. The van der Waals surface area contributed by atoms with Crippen LogP contribution in [0.25, 0.3) is 0 Å². The van der Waals surface area contributed by atoms with E-state index in [9.17, 15) is 4.79 Å². The van der Waals surface area contributed by atoms with Gasteiger partial charge in [-0.05, 0) is 32.4 Å². The van der Waals surface area contributed by atoms with E-state index < -0.39 is 5.54 Å². The molecule has 1 aliphatic rings. The standard InChI is InChI=1S/C10H20N2O2/c1-4-12(2)7-10(11,8-5-6-8)9(13)14-3/h8H,4-7,11H2,1-3H3. The fourth-order valence-electron chi connectivity index (χ4n) is 1.71. The Hall–Kier alpha value is -0.610. The lowest BCUT2D eigenvalue weighted by Gasteiger charge is -2.30. The monoisotopic (exact) mass is 200 g/mol. The minimum atomic E-state index is -0.792. The third-order valence-corrected chi connectivity index (χ3v) is 2.94. The van der Waals surface area contributed by atoms with Crippen LogP contribution in [0.4, 0.5) is 0 Å². The number of esters is 1. The van der Waals surface area contributed by atoms with Crippen LogP contribution in [-0.4, -0.2) is 43.7 Å². The maximum absolute atomic E-state index is 11.6. The molecule has 2 N–H and O–H groups in total. The molecule has 14 heavy (non-hydrogen) atoms. The molecule has 0 saturated heterocycles. The molecule has 0 radical (unpaired) electrons. The number of carbonyl (C=O) groups excluding carboxylic acids is 1. The van der Waals surface area contributed by atoms with Gasteiger partial charge in [-0.1, -0.05) is 6.92 Å². The summed E-state index contributed by atoms with van der Waals surface area (Å²) in [5, 5.41) is 0. The van der Waals surface area contributed by atoms with Crippen molar-refractivity contribution >= 4 is 5.97 Å². The van der Waals surface area contributed by atoms with Crippen LogP contribution < -0.4 is 5.73 Å². The zero-order chi connectivity index (χ0) is 10.8. The van der Waals surface area contributed by atoms with Gasteiger partial charge in [0.15, 0.2) is 0 Å². The topological polar surface area (TPSA) is 55.6 Å². The van der Waals surface area contributed by atoms with Crippen molar-refractivity contribution in [1.82, 2.24) is 4.90 Å². The Bertz CT molecular complexity index is 216. The third-order valence-electron chi connectivity index (χ3n) is 2.94. The van der Waals surface area contributed by atoms with Crippen molar-refractivity contribution in [3.05, 3.63) is 0 Å². The average Bonchev–Trinajstić information content (AvgIpc) is 2.99. The molecule has 4 nitrogen and oxygen atoms in total. The first-order valence-corrected chi connectivity index (χ1v) is 5.10. The molecule has 1 saturated carbocycles. The molecule has 1 atom stereocenters. The van der Waals surface area contributed by atoms with Gasteiger partial charge in [-0.15, -0.1) is 0 Å². The predicted octanol–water partition coefficient (Wildman–Crippen LogP) is 0.219. The van der Waals surface area contributed by atoms with Crippen molar-refractivity contribution in [3.63, 3.8) is 0 Å². The molecule has 82 valence electrons. The van der Waals surface area contributed by atoms with Gasteiger partial charge >= 0.3 is 5.97 Å². The Labute approximate surface area is 85.4 Å². The van der Waals surface area contributed by atoms with Gasteiger partial charge in [-0.2, -0.15) is 0 Å². The highest BCUT2D eigenvalue weighted by atomic mass is 16.5. The quantitative estimate of drug-likeness (QED) is 0.645. The number of nitrogens with zero attached hydrogens (tertiary/aromatic N) is 1. The molecule has 0 heterocycles. The molecule has 0 spiro atoms. The second kappa shape index (κ2) is 4.28. The Morgan fingerprint density at radius 1 is 1.64 bits per heavy atom. The molecule has 1 rings (SSSR count). The van der Waals surface area contributed by atoms with Crippen LogP contribution in [-0.2, 0) is 9.53 Å². The molecule has 0 aromatic rings. The van der Waals surface area contributed by atoms with Gasteiger partial charge in [0, 0.05) is 6.54 Å². The van der Waals surface area contributed by atoms with E-state index in [4.69, 9.17) is 10.5 Å². The number of likely N-dealkylation sites (N-methyl/N-ethyl adjacent to an activating group) is 1. The summed E-state index contributed by atoms with van der Waals surface area (Å²) in [5.74, 6) is 0.0317. The summed E-state index contributed by atoms with van der Waals surface area (Å²) in [6, 6.07) is 0. The highest BCUT2D eigenvalue weighted by molar-refractivity contribution is 5.81. The van der Waals surface area contributed by atoms with E-state index in [-0.39, 0.29) is 5.97 Å². The maximum Gasteiger partial charge on any atom is 0.327 e. The third kappa shape index (κ3) is 2.25. The van der Waals surface area contributed by atoms with E-state index >= 15 is 0 Å². The summed E-state index contributed by atoms with van der Waals surface area (Å²) in [4.78, 5) is 13.6. The Morgan fingerprint density at radius 3 is 2.57 bits per heavy atom. The van der Waals surface area contributed by atoms with Crippen molar-refractivity contribution in [2.45, 2.75) is 25.3 Å². The Kier molecular flexibility index (Phi) is 3.50. The van der Waals surface area contributed by atoms with Crippen molar-refractivity contribution < 1.29 is 9.53 Å². The summed E-state index contributed by atoms with van der Waals surface area (Å²) in [5.41, 5.74) is 5.33. The number of carbonyl (C=O) groups is 1. The molecule has 0 aromatic carbocycles. The van der Waals surface area contributed by atoms with E-state index in [0.29, 0.717) is 12.5 Å². The van der Waals surface area contributed by atoms with Gasteiger partial charge in [-0.25, -0.2) is 0 Å². The van der Waals surface area contributed by atoms with Crippen molar-refractivity contribution in [2.75, 3.05) is 27.2 Å². The van der Waals surface area contributed by atoms with E-state index in [1.165, 1.54) is 7.11 Å². The van der Waals surface area contributed by atoms with Crippen LogP contribution in [0, 0.1) is 5.92 Å². The number of ether oxygens (including phenoxy) is 1. The largest absolute Gasteiger partial charge is 0.468 e. The molecular weight excluding hydrogens is 180 g/mol. The minimum absolute atomic E-state index is 0.277. The zero-order valence-electron chi connectivity index (χ0n) is 9.25. The van der Waals surface area contributed by atoms with Gasteiger partial charge < -0.3 is 15.4 Å². The SMILES string of the molecule is CCN(C)CC(N)(C(=O)OC)C1CC1. The number of hydrogen-bond acceptors (Lipinski definition) is 4. The fourth-order valence-corrected chi connectivity index (χ4v) is 1.71. The number of rotatable bonds is 5. The fraction of sp³-hybridized carbons (Fsp3) is 0.900. The molecule has 0 amide bonds. The van der Waals surface area contributed by atoms with Crippen LogP contribution in [0.2, 0.25) is 0 Å². The Morgan fingerprint density at radius 2 is 2.21 bits per heavy atom. The van der Waals surface area contributed by atoms with Crippen LogP contribution >= 0.6 is 0 Å². The normalized spacial score (nSPS) is 20.6. The van der Waals surface area contributed by atoms with E-state index in [0.717, 1.165) is 19.4 Å². The summed E-state index contributed by atoms with van der Waals surface area (Å²) >= 11 is 0. The molecule has 1 aliphatic carbocycles. The van der Waals surface area contributed by atoms with E-state index in [1.54, 1.807) is 0 Å². The van der Waals surface area contributed by atoms with Crippen molar-refractivity contribution in [1.29, 1.82) is 0 Å². The lowest BCUT2D eigenvalue weighted by atomic mass is 9.94. The van der Waals surface area contributed by atoms with Gasteiger partial charge in [-0.3, -0.25) is 4.79 Å². The van der Waals surface area contributed by atoms with Crippen molar-refractivity contribution in [3.8, 4) is 0 Å². The van der Waals surface area contributed by atoms with Crippen LogP contribution in [0.3, 0.4) is 0 Å². The smallest absolute Gasteiger partial charge is 0.327 e. The summed E-state index contributed by atoms with van der Waals surface area (Å²) in [6.07, 6.45) is 2.09. The van der Waals surface area contributed by atoms with E-state index in [1.807, 2.05) is 14.0 Å². The molecule has 0 aliphatic heterocycles. The number of methoxy groups -OCH3 is 1. The van der Waals surface area contributed by atoms with Gasteiger partial charge in [0.1, 0.15) is 5.54 Å². The summed E-state index contributed by atoms with van der Waals surface area (Å²) < 4.78 is 4.77. The van der Waals surface area contributed by atoms with E-state index in [2.05, 4.69) is 4.90 Å². The molecule has 1 unspecified atom stereocenters. The first-order valence-electron chi connectivity index (χ1n) is 5.10. The first-order chi connectivity index (χ1) is 6.54. The first kappa shape index (κ1) is 11.5. The highest BCUT2D eigenvalue weighted by Crippen LogP contribution is 2.39. The van der Waals surface area contributed by atoms with Crippen LogP contribution in [0.5, 0.6) is 0 Å². The van der Waals surface area contributed by atoms with Crippen molar-refractivity contribution in [2.24, 2.45) is 11.7 Å². The lowest BCUT2D eigenvalue weighted by molar-refractivity contribution is -0.148. The highest BCUT2D eigenvalue weighted by Gasteiger charge is 2.49. The molecular formula is C10H20N2O2. The molecule has 1 fully saturated rings. The predicted molar refractivity (Wildman–Crippen MR) is 54.8 cm³/mol. The zero-order valence-corrected chi connectivity index (χ0v) is 9.25.